The molecule has 2 N–H and O–H groups in total. The third-order valence-electron chi connectivity index (χ3n) is 3.71. The van der Waals surface area contributed by atoms with Gasteiger partial charge in [-0.1, -0.05) is 13.0 Å². The zero-order valence-electron chi connectivity index (χ0n) is 11.1. The average Bonchev–Trinajstić information content (AvgIpc) is 2.21. The fourth-order valence-corrected chi connectivity index (χ4v) is 1.95. The van der Waals surface area contributed by atoms with Crippen LogP contribution in [0.4, 0.5) is 5.69 Å². The molecule has 3 nitrogen and oxygen atoms in total. The summed E-state index contributed by atoms with van der Waals surface area (Å²) in [5.41, 5.74) is 3.36. The number of benzene rings is 1. The normalized spacial score (nSPS) is 16.4. The van der Waals surface area contributed by atoms with Gasteiger partial charge in [-0.05, 0) is 56.1 Å². The molecule has 0 saturated carbocycles. The Kier molecular flexibility index (Phi) is 5.17. The lowest BCUT2D eigenvalue weighted by molar-refractivity contribution is -0.121. The number of amides is 1. The van der Waals surface area contributed by atoms with Gasteiger partial charge in [-0.3, -0.25) is 4.79 Å². The molecule has 1 fully saturated rings. The highest BCUT2D eigenvalue weighted by Crippen LogP contribution is 2.19. The third kappa shape index (κ3) is 3.24. The van der Waals surface area contributed by atoms with E-state index in [2.05, 4.69) is 24.5 Å². The van der Waals surface area contributed by atoms with Gasteiger partial charge >= 0.3 is 0 Å². The van der Waals surface area contributed by atoms with Crippen molar-refractivity contribution >= 4 is 24.0 Å². The van der Waals surface area contributed by atoms with Crippen LogP contribution in [0.1, 0.15) is 18.1 Å². The van der Waals surface area contributed by atoms with Crippen molar-refractivity contribution in [1.82, 2.24) is 5.32 Å². The second-order valence-corrected chi connectivity index (χ2v) is 5.00. The number of aryl methyl sites for hydroxylation is 2. The molecule has 18 heavy (non-hydrogen) atoms. The van der Waals surface area contributed by atoms with Crippen molar-refractivity contribution in [3.8, 4) is 0 Å². The van der Waals surface area contributed by atoms with E-state index in [1.54, 1.807) is 0 Å². The molecular weight excluding hydrogens is 248 g/mol. The molecule has 0 aromatic heterocycles. The van der Waals surface area contributed by atoms with E-state index in [9.17, 15) is 4.79 Å². The predicted molar refractivity (Wildman–Crippen MR) is 77.3 cm³/mol. The number of halogens is 1. The number of hydrogen-bond acceptors (Lipinski definition) is 2. The van der Waals surface area contributed by atoms with Crippen LogP contribution in [-0.4, -0.2) is 19.0 Å². The molecule has 1 saturated heterocycles. The first-order valence-corrected chi connectivity index (χ1v) is 6.17. The Balaban J connectivity index is 0.00000162. The minimum atomic E-state index is 0. The molecule has 1 unspecified atom stereocenters. The van der Waals surface area contributed by atoms with Crippen LogP contribution in [0.15, 0.2) is 18.2 Å². The highest BCUT2D eigenvalue weighted by atomic mass is 35.5. The molecule has 1 amide bonds. The van der Waals surface area contributed by atoms with Gasteiger partial charge in [-0.25, -0.2) is 0 Å². The van der Waals surface area contributed by atoms with Crippen LogP contribution in [0.5, 0.6) is 0 Å². The van der Waals surface area contributed by atoms with Crippen LogP contribution in [0, 0.1) is 25.7 Å². The summed E-state index contributed by atoms with van der Waals surface area (Å²) in [6.45, 7) is 8.05. The molecule has 4 heteroatoms. The number of nitrogens with one attached hydrogen (secondary N) is 2. The summed E-state index contributed by atoms with van der Waals surface area (Å²) in [6.07, 6.45) is 0. The number of anilines is 1. The van der Waals surface area contributed by atoms with E-state index in [-0.39, 0.29) is 24.2 Å². The summed E-state index contributed by atoms with van der Waals surface area (Å²) in [4.78, 5) is 12.0. The van der Waals surface area contributed by atoms with E-state index in [4.69, 9.17) is 0 Å². The Bertz CT molecular complexity index is 430. The largest absolute Gasteiger partial charge is 0.326 e. The topological polar surface area (TPSA) is 41.1 Å². The van der Waals surface area contributed by atoms with Crippen molar-refractivity contribution in [1.29, 1.82) is 0 Å². The Morgan fingerprint density at radius 1 is 1.33 bits per heavy atom. The van der Waals surface area contributed by atoms with Gasteiger partial charge in [0.05, 0.1) is 0 Å². The predicted octanol–water partition coefficient (Wildman–Crippen LogP) is 2.52. The number of rotatable bonds is 3. The van der Waals surface area contributed by atoms with Gasteiger partial charge < -0.3 is 10.6 Å². The Morgan fingerprint density at radius 2 is 2.00 bits per heavy atom. The lowest BCUT2D eigenvalue weighted by atomic mass is 9.88. The Labute approximate surface area is 115 Å². The molecule has 0 spiro atoms. The molecule has 1 aliphatic rings. The van der Waals surface area contributed by atoms with E-state index >= 15 is 0 Å². The van der Waals surface area contributed by atoms with Gasteiger partial charge in [0, 0.05) is 11.6 Å². The third-order valence-corrected chi connectivity index (χ3v) is 3.71. The zero-order valence-corrected chi connectivity index (χ0v) is 11.9. The van der Waals surface area contributed by atoms with Gasteiger partial charge in [0.25, 0.3) is 0 Å². The second-order valence-electron chi connectivity index (χ2n) is 5.00. The molecule has 1 atom stereocenters. The minimum absolute atomic E-state index is 0. The molecule has 1 heterocycles. The van der Waals surface area contributed by atoms with Crippen molar-refractivity contribution in [2.24, 2.45) is 11.8 Å². The molecule has 1 aliphatic heterocycles. The molecular formula is C14H21ClN2O. The fraction of sp³-hybridized carbons (Fsp3) is 0.500. The summed E-state index contributed by atoms with van der Waals surface area (Å²) in [5.74, 6) is 0.694. The maximum Gasteiger partial charge on any atom is 0.227 e. The van der Waals surface area contributed by atoms with Crippen LogP contribution in [0.3, 0.4) is 0 Å². The van der Waals surface area contributed by atoms with E-state index < -0.39 is 0 Å². The van der Waals surface area contributed by atoms with Crippen LogP contribution < -0.4 is 10.6 Å². The van der Waals surface area contributed by atoms with E-state index in [1.165, 1.54) is 11.1 Å². The monoisotopic (exact) mass is 268 g/mol. The van der Waals surface area contributed by atoms with Gasteiger partial charge in [-0.15, -0.1) is 12.4 Å². The standard InChI is InChI=1S/C14H20N2O.ClH/c1-9-4-5-13(6-10(9)2)16-14(17)11(3)12-7-15-8-12;/h4-6,11-12,15H,7-8H2,1-3H3,(H,16,17);1H. The van der Waals surface area contributed by atoms with Gasteiger partial charge in [-0.2, -0.15) is 0 Å². The van der Waals surface area contributed by atoms with Crippen LogP contribution in [0.2, 0.25) is 0 Å². The van der Waals surface area contributed by atoms with Crippen LogP contribution in [0.25, 0.3) is 0 Å². The zero-order chi connectivity index (χ0) is 12.4. The first kappa shape index (κ1) is 15.0. The molecule has 0 bridgehead atoms. The lowest BCUT2D eigenvalue weighted by Crippen LogP contribution is -2.48. The average molecular weight is 269 g/mol. The Morgan fingerprint density at radius 3 is 2.50 bits per heavy atom. The molecule has 100 valence electrons. The summed E-state index contributed by atoms with van der Waals surface area (Å²) in [5, 5.41) is 6.19. The second kappa shape index (κ2) is 6.21. The van der Waals surface area contributed by atoms with Crippen molar-refractivity contribution in [2.45, 2.75) is 20.8 Å². The fourth-order valence-electron chi connectivity index (χ4n) is 1.95. The highest BCUT2D eigenvalue weighted by Gasteiger charge is 2.28. The number of carbonyl (C=O) groups is 1. The molecule has 0 aliphatic carbocycles. The summed E-state index contributed by atoms with van der Waals surface area (Å²) in [6, 6.07) is 6.03. The van der Waals surface area contributed by atoms with E-state index in [0.29, 0.717) is 5.92 Å². The van der Waals surface area contributed by atoms with Crippen LogP contribution in [-0.2, 0) is 4.79 Å². The SMILES string of the molecule is Cc1ccc(NC(=O)C(C)C2CNC2)cc1C.Cl. The summed E-state index contributed by atoms with van der Waals surface area (Å²) < 4.78 is 0. The van der Waals surface area contributed by atoms with Crippen LogP contribution >= 0.6 is 12.4 Å². The number of hydrogen-bond donors (Lipinski definition) is 2. The van der Waals surface area contributed by atoms with Gasteiger partial charge in [0.15, 0.2) is 0 Å². The first-order valence-electron chi connectivity index (χ1n) is 6.17. The van der Waals surface area contributed by atoms with Gasteiger partial charge in [0.2, 0.25) is 5.91 Å². The maximum atomic E-state index is 12.0. The van der Waals surface area contributed by atoms with Crippen molar-refractivity contribution < 1.29 is 4.79 Å². The Hall–Kier alpha value is -1.06. The smallest absolute Gasteiger partial charge is 0.227 e. The molecule has 0 radical (unpaired) electrons. The van der Waals surface area contributed by atoms with Crippen molar-refractivity contribution in [3.63, 3.8) is 0 Å². The van der Waals surface area contributed by atoms with E-state index in [0.717, 1.165) is 18.8 Å². The maximum absolute atomic E-state index is 12.0. The molecule has 1 aromatic rings. The minimum Gasteiger partial charge on any atom is -0.326 e. The highest BCUT2D eigenvalue weighted by molar-refractivity contribution is 5.92. The van der Waals surface area contributed by atoms with Crippen molar-refractivity contribution in [2.75, 3.05) is 18.4 Å². The summed E-state index contributed by atoms with van der Waals surface area (Å²) in [7, 11) is 0. The number of carbonyl (C=O) groups excluding carboxylic acids is 1. The molecule has 2 rings (SSSR count). The van der Waals surface area contributed by atoms with Crippen molar-refractivity contribution in [3.05, 3.63) is 29.3 Å². The summed E-state index contributed by atoms with van der Waals surface area (Å²) >= 11 is 0. The lowest BCUT2D eigenvalue weighted by Gasteiger charge is -2.31. The van der Waals surface area contributed by atoms with Gasteiger partial charge in [0.1, 0.15) is 0 Å². The first-order chi connectivity index (χ1) is 8.08. The quantitative estimate of drug-likeness (QED) is 0.885. The molecule has 1 aromatic carbocycles. The van der Waals surface area contributed by atoms with E-state index in [1.807, 2.05) is 25.1 Å².